The third-order valence-electron chi connectivity index (χ3n) is 3.34. The van der Waals surface area contributed by atoms with Gasteiger partial charge in [-0.1, -0.05) is 24.8 Å². The van der Waals surface area contributed by atoms with Crippen molar-refractivity contribution in [1.82, 2.24) is 5.48 Å². The molecule has 0 bridgehead atoms. The molecule has 0 aliphatic carbocycles. The van der Waals surface area contributed by atoms with Crippen molar-refractivity contribution in [3.63, 3.8) is 0 Å². The summed E-state index contributed by atoms with van der Waals surface area (Å²) in [7, 11) is 1.59. The standard InChI is InChI=1S/C19H27NO5/c1-7-17(24-13(2)21)16(18(22)20-25-19(3,4)5)12-14-8-10-15(23-6)11-9-14/h7-11,16-17H,1,12H2,2-6H3,(H,20,22)/t16-,17-/m1/s1. The molecule has 25 heavy (non-hydrogen) atoms. The molecule has 0 fully saturated rings. The third kappa shape index (κ3) is 7.39. The van der Waals surface area contributed by atoms with Crippen LogP contribution in [0.15, 0.2) is 36.9 Å². The highest BCUT2D eigenvalue weighted by Crippen LogP contribution is 2.20. The van der Waals surface area contributed by atoms with Gasteiger partial charge in [0.2, 0.25) is 0 Å². The van der Waals surface area contributed by atoms with Crippen LogP contribution in [0.5, 0.6) is 5.75 Å². The van der Waals surface area contributed by atoms with E-state index in [4.69, 9.17) is 14.3 Å². The predicted molar refractivity (Wildman–Crippen MR) is 94.9 cm³/mol. The second-order valence-electron chi connectivity index (χ2n) is 6.65. The molecule has 0 saturated heterocycles. The van der Waals surface area contributed by atoms with E-state index in [-0.39, 0.29) is 5.91 Å². The molecule has 6 heteroatoms. The van der Waals surface area contributed by atoms with Crippen LogP contribution in [-0.4, -0.2) is 30.7 Å². The Morgan fingerprint density at radius 3 is 2.28 bits per heavy atom. The van der Waals surface area contributed by atoms with Crippen LogP contribution in [0.25, 0.3) is 0 Å². The fraction of sp³-hybridized carbons (Fsp3) is 0.474. The molecule has 0 heterocycles. The van der Waals surface area contributed by atoms with Crippen molar-refractivity contribution in [2.45, 2.75) is 45.8 Å². The normalized spacial score (nSPS) is 13.5. The maximum absolute atomic E-state index is 12.6. The Kier molecular flexibility index (Phi) is 7.64. The fourth-order valence-corrected chi connectivity index (χ4v) is 2.14. The molecule has 0 aromatic heterocycles. The van der Waals surface area contributed by atoms with E-state index in [1.54, 1.807) is 7.11 Å². The smallest absolute Gasteiger partial charge is 0.303 e. The average molecular weight is 349 g/mol. The first-order valence-electron chi connectivity index (χ1n) is 8.07. The minimum Gasteiger partial charge on any atom is -0.497 e. The number of esters is 1. The summed E-state index contributed by atoms with van der Waals surface area (Å²) in [6, 6.07) is 7.34. The SMILES string of the molecule is C=C[C@@H](OC(C)=O)[C@@H](Cc1ccc(OC)cc1)C(=O)NOC(C)(C)C. The topological polar surface area (TPSA) is 73.9 Å². The molecule has 0 spiro atoms. The molecule has 1 N–H and O–H groups in total. The summed E-state index contributed by atoms with van der Waals surface area (Å²) in [6.07, 6.45) is 1.04. The number of methoxy groups -OCH3 is 1. The van der Waals surface area contributed by atoms with Crippen LogP contribution in [0.2, 0.25) is 0 Å². The van der Waals surface area contributed by atoms with Gasteiger partial charge in [-0.2, -0.15) is 0 Å². The Hall–Kier alpha value is -2.34. The monoisotopic (exact) mass is 349 g/mol. The molecule has 0 radical (unpaired) electrons. The summed E-state index contributed by atoms with van der Waals surface area (Å²) >= 11 is 0. The summed E-state index contributed by atoms with van der Waals surface area (Å²) in [5, 5.41) is 0. The van der Waals surface area contributed by atoms with E-state index in [0.717, 1.165) is 11.3 Å². The van der Waals surface area contributed by atoms with Gasteiger partial charge in [0.05, 0.1) is 18.6 Å². The molecule has 0 aliphatic rings. The van der Waals surface area contributed by atoms with Gasteiger partial charge < -0.3 is 9.47 Å². The molecule has 1 aromatic carbocycles. The Labute approximate surface area is 149 Å². The lowest BCUT2D eigenvalue weighted by Crippen LogP contribution is -2.43. The summed E-state index contributed by atoms with van der Waals surface area (Å²) in [6.45, 7) is 10.4. The Balaban J connectivity index is 2.97. The van der Waals surface area contributed by atoms with Crippen molar-refractivity contribution >= 4 is 11.9 Å². The van der Waals surface area contributed by atoms with Crippen LogP contribution in [0, 0.1) is 5.92 Å². The summed E-state index contributed by atoms with van der Waals surface area (Å²) in [5.41, 5.74) is 2.81. The highest BCUT2D eigenvalue weighted by atomic mass is 16.7. The fourth-order valence-electron chi connectivity index (χ4n) is 2.14. The Morgan fingerprint density at radius 1 is 1.24 bits per heavy atom. The minimum absolute atomic E-state index is 0.354. The minimum atomic E-state index is -0.761. The van der Waals surface area contributed by atoms with Crippen LogP contribution in [0.4, 0.5) is 0 Å². The molecule has 138 valence electrons. The third-order valence-corrected chi connectivity index (χ3v) is 3.34. The van der Waals surface area contributed by atoms with Gasteiger partial charge in [0, 0.05) is 6.92 Å². The number of nitrogens with one attached hydrogen (secondary N) is 1. The second kappa shape index (κ2) is 9.22. The van der Waals surface area contributed by atoms with Gasteiger partial charge in [-0.15, -0.1) is 0 Å². The zero-order valence-corrected chi connectivity index (χ0v) is 15.5. The van der Waals surface area contributed by atoms with Crippen LogP contribution in [-0.2, 0) is 25.6 Å². The number of rotatable bonds is 8. The van der Waals surface area contributed by atoms with E-state index < -0.39 is 23.6 Å². The van der Waals surface area contributed by atoms with Crippen LogP contribution in [0.1, 0.15) is 33.3 Å². The average Bonchev–Trinajstić information content (AvgIpc) is 2.55. The first-order chi connectivity index (χ1) is 11.7. The van der Waals surface area contributed by atoms with Gasteiger partial charge in [-0.25, -0.2) is 5.48 Å². The lowest BCUT2D eigenvalue weighted by molar-refractivity contribution is -0.158. The van der Waals surface area contributed by atoms with Crippen molar-refractivity contribution in [3.05, 3.63) is 42.5 Å². The molecular formula is C19H27NO5. The Bertz CT molecular complexity index is 589. The van der Waals surface area contributed by atoms with E-state index in [9.17, 15) is 9.59 Å². The van der Waals surface area contributed by atoms with Crippen molar-refractivity contribution < 1.29 is 23.9 Å². The molecule has 0 aliphatic heterocycles. The predicted octanol–water partition coefficient (Wildman–Crippen LogP) is 2.82. The summed E-state index contributed by atoms with van der Waals surface area (Å²) in [5.74, 6) is -0.802. The van der Waals surface area contributed by atoms with Gasteiger partial charge in [0.1, 0.15) is 11.9 Å². The first kappa shape index (κ1) is 20.7. The number of carbonyl (C=O) groups is 2. The van der Waals surface area contributed by atoms with E-state index in [1.807, 2.05) is 45.0 Å². The Morgan fingerprint density at radius 2 is 1.84 bits per heavy atom. The molecule has 1 aromatic rings. The lowest BCUT2D eigenvalue weighted by atomic mass is 9.93. The summed E-state index contributed by atoms with van der Waals surface area (Å²) in [4.78, 5) is 29.3. The molecule has 1 rings (SSSR count). The maximum atomic E-state index is 12.6. The first-order valence-corrected chi connectivity index (χ1v) is 8.07. The van der Waals surface area contributed by atoms with E-state index in [1.165, 1.54) is 13.0 Å². The van der Waals surface area contributed by atoms with Gasteiger partial charge >= 0.3 is 5.97 Å². The summed E-state index contributed by atoms with van der Waals surface area (Å²) < 4.78 is 10.4. The zero-order chi connectivity index (χ0) is 19.0. The molecule has 0 saturated carbocycles. The van der Waals surface area contributed by atoms with Crippen LogP contribution in [0.3, 0.4) is 0 Å². The van der Waals surface area contributed by atoms with Crippen molar-refractivity contribution in [2.75, 3.05) is 7.11 Å². The number of ether oxygens (including phenoxy) is 2. The highest BCUT2D eigenvalue weighted by molar-refractivity contribution is 5.79. The second-order valence-corrected chi connectivity index (χ2v) is 6.65. The number of hydrogen-bond donors (Lipinski definition) is 1. The van der Waals surface area contributed by atoms with E-state index in [0.29, 0.717) is 6.42 Å². The zero-order valence-electron chi connectivity index (χ0n) is 15.5. The van der Waals surface area contributed by atoms with E-state index in [2.05, 4.69) is 12.1 Å². The molecule has 6 nitrogen and oxygen atoms in total. The van der Waals surface area contributed by atoms with Crippen molar-refractivity contribution in [2.24, 2.45) is 5.92 Å². The van der Waals surface area contributed by atoms with Crippen molar-refractivity contribution in [3.8, 4) is 5.75 Å². The van der Waals surface area contributed by atoms with E-state index >= 15 is 0 Å². The number of benzene rings is 1. The number of carbonyl (C=O) groups excluding carboxylic acids is 2. The largest absolute Gasteiger partial charge is 0.497 e. The number of amides is 1. The molecule has 1 amide bonds. The van der Waals surface area contributed by atoms with Gasteiger partial charge in [-0.05, 0) is 44.9 Å². The van der Waals surface area contributed by atoms with Gasteiger partial charge in [0.25, 0.3) is 5.91 Å². The molecular weight excluding hydrogens is 322 g/mol. The van der Waals surface area contributed by atoms with Crippen LogP contribution < -0.4 is 10.2 Å². The quantitative estimate of drug-likeness (QED) is 0.444. The lowest BCUT2D eigenvalue weighted by Gasteiger charge is -2.26. The number of hydrogen-bond acceptors (Lipinski definition) is 5. The molecule has 2 atom stereocenters. The van der Waals surface area contributed by atoms with Gasteiger partial charge in [0.15, 0.2) is 0 Å². The van der Waals surface area contributed by atoms with Crippen LogP contribution >= 0.6 is 0 Å². The highest BCUT2D eigenvalue weighted by Gasteiger charge is 2.30. The van der Waals surface area contributed by atoms with Gasteiger partial charge in [-0.3, -0.25) is 14.4 Å². The maximum Gasteiger partial charge on any atom is 0.303 e. The molecule has 0 unspecified atom stereocenters. The number of hydroxylamine groups is 1. The van der Waals surface area contributed by atoms with Crippen molar-refractivity contribution in [1.29, 1.82) is 0 Å².